The molecule has 0 unspecified atom stereocenters. The van der Waals surface area contributed by atoms with Crippen molar-refractivity contribution in [1.82, 2.24) is 0 Å². The summed E-state index contributed by atoms with van der Waals surface area (Å²) in [5, 5.41) is 10.2. The highest BCUT2D eigenvalue weighted by Crippen LogP contribution is 2.31. The number of rotatable bonds is 8. The number of esters is 1. The Labute approximate surface area is 191 Å². The molecule has 0 aliphatic carbocycles. The number of halogens is 1. The average molecular weight is 450 g/mol. The van der Waals surface area contributed by atoms with Crippen LogP contribution in [0.25, 0.3) is 11.6 Å². The molecular formula is C25H20ClNO5. The topological polar surface area (TPSA) is 77.8 Å². The molecule has 0 amide bonds. The Morgan fingerprint density at radius 1 is 0.938 bits per heavy atom. The van der Waals surface area contributed by atoms with Gasteiger partial charge in [0.2, 0.25) is 0 Å². The Bertz CT molecular complexity index is 1150. The largest absolute Gasteiger partial charge is 0.493 e. The fourth-order valence-corrected chi connectivity index (χ4v) is 2.94. The van der Waals surface area contributed by atoms with Crippen LogP contribution in [0.5, 0.6) is 23.0 Å². The molecule has 0 N–H and O–H groups in total. The SMILES string of the molecule is COc1ccc(/C(C#N)=C\c2ccc(OC(=O)COc3ccc(Cl)cc3)cc2)cc1OC. The Morgan fingerprint density at radius 3 is 2.22 bits per heavy atom. The maximum Gasteiger partial charge on any atom is 0.349 e. The van der Waals surface area contributed by atoms with Gasteiger partial charge in [0.05, 0.1) is 25.9 Å². The highest BCUT2D eigenvalue weighted by atomic mass is 35.5. The summed E-state index contributed by atoms with van der Waals surface area (Å²) in [6.45, 7) is -0.235. The van der Waals surface area contributed by atoms with E-state index in [2.05, 4.69) is 6.07 Å². The van der Waals surface area contributed by atoms with E-state index in [1.807, 2.05) is 0 Å². The van der Waals surface area contributed by atoms with Gasteiger partial charge in [-0.2, -0.15) is 5.26 Å². The zero-order chi connectivity index (χ0) is 22.9. The second-order valence-corrected chi connectivity index (χ2v) is 6.96. The molecule has 0 heterocycles. The van der Waals surface area contributed by atoms with E-state index < -0.39 is 5.97 Å². The molecule has 0 aromatic heterocycles. The first-order valence-electron chi connectivity index (χ1n) is 9.55. The zero-order valence-electron chi connectivity index (χ0n) is 17.5. The molecule has 0 saturated carbocycles. The first-order valence-corrected chi connectivity index (χ1v) is 9.93. The van der Waals surface area contributed by atoms with Crippen LogP contribution in [0.3, 0.4) is 0 Å². The van der Waals surface area contributed by atoms with Crippen molar-refractivity contribution in [2.24, 2.45) is 0 Å². The predicted octanol–water partition coefficient (Wildman–Crippen LogP) is 5.41. The van der Waals surface area contributed by atoms with Crippen LogP contribution in [0.2, 0.25) is 5.02 Å². The van der Waals surface area contributed by atoms with Crippen LogP contribution in [0.15, 0.2) is 66.7 Å². The van der Waals surface area contributed by atoms with Gasteiger partial charge >= 0.3 is 5.97 Å². The number of ether oxygens (including phenoxy) is 4. The summed E-state index contributed by atoms with van der Waals surface area (Å²) in [6.07, 6.45) is 1.73. The van der Waals surface area contributed by atoms with Gasteiger partial charge in [0.15, 0.2) is 18.1 Å². The van der Waals surface area contributed by atoms with Gasteiger partial charge in [-0.1, -0.05) is 23.7 Å². The van der Waals surface area contributed by atoms with E-state index in [0.717, 1.165) is 5.56 Å². The van der Waals surface area contributed by atoms with Gasteiger partial charge in [0, 0.05) is 5.02 Å². The van der Waals surface area contributed by atoms with Gasteiger partial charge in [-0.15, -0.1) is 0 Å². The van der Waals surface area contributed by atoms with Crippen LogP contribution >= 0.6 is 11.6 Å². The standard InChI is InChI=1S/C25H20ClNO5/c1-29-23-12-5-18(14-24(23)30-2)19(15-27)13-17-3-8-22(9-4-17)32-25(28)16-31-21-10-6-20(26)7-11-21/h3-14H,16H2,1-2H3/b19-13-. The summed E-state index contributed by atoms with van der Waals surface area (Å²) in [5.74, 6) is 1.47. The number of hydrogen-bond acceptors (Lipinski definition) is 6. The lowest BCUT2D eigenvalue weighted by Gasteiger charge is -2.09. The highest BCUT2D eigenvalue weighted by Gasteiger charge is 2.09. The quantitative estimate of drug-likeness (QED) is 0.198. The molecule has 0 fully saturated rings. The van der Waals surface area contributed by atoms with Crippen LogP contribution in [0, 0.1) is 11.3 Å². The Hall–Kier alpha value is -3.95. The molecule has 3 aromatic carbocycles. The number of methoxy groups -OCH3 is 2. The predicted molar refractivity (Wildman–Crippen MR) is 122 cm³/mol. The highest BCUT2D eigenvalue weighted by molar-refractivity contribution is 6.30. The van der Waals surface area contributed by atoms with Crippen molar-refractivity contribution in [2.75, 3.05) is 20.8 Å². The number of allylic oxidation sites excluding steroid dienone is 1. The van der Waals surface area contributed by atoms with Crippen molar-refractivity contribution in [3.63, 3.8) is 0 Å². The number of nitriles is 1. The lowest BCUT2D eigenvalue weighted by Crippen LogP contribution is -2.17. The second-order valence-electron chi connectivity index (χ2n) is 6.53. The number of hydrogen-bond donors (Lipinski definition) is 0. The fourth-order valence-electron chi connectivity index (χ4n) is 2.82. The molecule has 0 spiro atoms. The lowest BCUT2D eigenvalue weighted by molar-refractivity contribution is -0.136. The first kappa shape index (κ1) is 22.7. The van der Waals surface area contributed by atoms with Crippen LogP contribution in [0.4, 0.5) is 0 Å². The number of benzene rings is 3. The van der Waals surface area contributed by atoms with E-state index in [4.69, 9.17) is 30.5 Å². The molecule has 0 radical (unpaired) electrons. The monoisotopic (exact) mass is 449 g/mol. The number of carbonyl (C=O) groups excluding carboxylic acids is 1. The molecule has 0 bridgehead atoms. The van der Waals surface area contributed by atoms with E-state index in [0.29, 0.717) is 39.2 Å². The van der Waals surface area contributed by atoms with E-state index in [9.17, 15) is 10.1 Å². The Kier molecular flexibility index (Phi) is 7.74. The van der Waals surface area contributed by atoms with Crippen LogP contribution in [0.1, 0.15) is 11.1 Å². The number of carbonyl (C=O) groups is 1. The molecule has 0 atom stereocenters. The van der Waals surface area contributed by atoms with E-state index in [1.165, 1.54) is 7.11 Å². The molecule has 0 aliphatic rings. The number of nitrogens with zero attached hydrogens (tertiary/aromatic N) is 1. The summed E-state index contributed by atoms with van der Waals surface area (Å²) in [4.78, 5) is 12.0. The van der Waals surface area contributed by atoms with Crippen molar-refractivity contribution < 1.29 is 23.7 Å². The van der Waals surface area contributed by atoms with Crippen molar-refractivity contribution in [3.8, 4) is 29.1 Å². The van der Waals surface area contributed by atoms with Crippen molar-refractivity contribution >= 4 is 29.2 Å². The Balaban J connectivity index is 1.65. The molecular weight excluding hydrogens is 430 g/mol. The third kappa shape index (κ3) is 6.03. The van der Waals surface area contributed by atoms with Crippen LogP contribution in [-0.4, -0.2) is 26.8 Å². The van der Waals surface area contributed by atoms with Gasteiger partial charge in [0.1, 0.15) is 11.5 Å². The summed E-state index contributed by atoms with van der Waals surface area (Å²) in [6, 6.07) is 20.9. The van der Waals surface area contributed by atoms with Gasteiger partial charge in [0.25, 0.3) is 0 Å². The van der Waals surface area contributed by atoms with E-state index in [1.54, 1.807) is 79.9 Å². The molecule has 7 heteroatoms. The van der Waals surface area contributed by atoms with Gasteiger partial charge in [-0.25, -0.2) is 4.79 Å². The van der Waals surface area contributed by atoms with E-state index in [-0.39, 0.29) is 6.61 Å². The summed E-state index contributed by atoms with van der Waals surface area (Å²) in [5.41, 5.74) is 1.92. The van der Waals surface area contributed by atoms with Crippen LogP contribution < -0.4 is 18.9 Å². The maximum atomic E-state index is 12.0. The Morgan fingerprint density at radius 2 is 1.59 bits per heavy atom. The smallest absolute Gasteiger partial charge is 0.349 e. The zero-order valence-corrected chi connectivity index (χ0v) is 18.3. The van der Waals surface area contributed by atoms with Crippen molar-refractivity contribution in [2.45, 2.75) is 0 Å². The first-order chi connectivity index (χ1) is 15.5. The van der Waals surface area contributed by atoms with E-state index >= 15 is 0 Å². The fraction of sp³-hybridized carbons (Fsp3) is 0.120. The van der Waals surface area contributed by atoms with Crippen LogP contribution in [-0.2, 0) is 4.79 Å². The molecule has 6 nitrogen and oxygen atoms in total. The van der Waals surface area contributed by atoms with Crippen molar-refractivity contribution in [3.05, 3.63) is 82.9 Å². The minimum Gasteiger partial charge on any atom is -0.493 e. The second kappa shape index (κ2) is 10.9. The molecule has 162 valence electrons. The lowest BCUT2D eigenvalue weighted by atomic mass is 10.0. The minimum atomic E-state index is -0.536. The molecule has 32 heavy (non-hydrogen) atoms. The minimum absolute atomic E-state index is 0.235. The summed E-state index contributed by atoms with van der Waals surface area (Å²) < 4.78 is 21.2. The molecule has 3 aromatic rings. The molecule has 0 aliphatic heterocycles. The molecule has 3 rings (SSSR count). The third-order valence-electron chi connectivity index (χ3n) is 4.41. The maximum absolute atomic E-state index is 12.0. The van der Waals surface area contributed by atoms with Gasteiger partial charge < -0.3 is 18.9 Å². The molecule has 0 saturated heterocycles. The van der Waals surface area contributed by atoms with Gasteiger partial charge in [-0.05, 0) is 71.8 Å². The van der Waals surface area contributed by atoms with Gasteiger partial charge in [-0.3, -0.25) is 0 Å². The summed E-state index contributed by atoms with van der Waals surface area (Å²) in [7, 11) is 3.09. The van der Waals surface area contributed by atoms with Crippen molar-refractivity contribution in [1.29, 1.82) is 5.26 Å². The average Bonchev–Trinajstić information content (AvgIpc) is 2.82. The normalized spacial score (nSPS) is 10.8. The summed E-state index contributed by atoms with van der Waals surface area (Å²) >= 11 is 5.82. The third-order valence-corrected chi connectivity index (χ3v) is 4.66.